The quantitative estimate of drug-likeness (QED) is 0.525. The largest absolute Gasteiger partial charge is 0.453 e. The molecule has 3 aromatic heterocycles. The Labute approximate surface area is 159 Å². The Morgan fingerprint density at radius 1 is 1.18 bits per heavy atom. The Hall–Kier alpha value is -3.21. The molecule has 1 aromatic carbocycles. The van der Waals surface area contributed by atoms with Gasteiger partial charge in [0.15, 0.2) is 11.5 Å². The molecule has 0 radical (unpaired) electrons. The summed E-state index contributed by atoms with van der Waals surface area (Å²) < 4.78 is 40.8. The zero-order chi connectivity index (χ0) is 20.1. The van der Waals surface area contributed by atoms with Gasteiger partial charge in [-0.2, -0.15) is 18.2 Å². The number of fused-ring (bicyclic) bond motifs is 1. The van der Waals surface area contributed by atoms with Gasteiger partial charge in [-0.1, -0.05) is 24.3 Å². The summed E-state index contributed by atoms with van der Waals surface area (Å²) >= 11 is 5.79. The first-order valence-corrected chi connectivity index (χ1v) is 8.29. The van der Waals surface area contributed by atoms with Crippen LogP contribution in [0.1, 0.15) is 11.4 Å². The second-order valence-corrected chi connectivity index (χ2v) is 6.31. The standard InChI is InChI=1S/C16H11ClF3N7O/c1-26-11(23-13(25-26)16(18,19)20)9-4-2-8(3-5-9)7-27-12-10(22-15(27)28)6-21-14(17)24-12/h2-6H,7H2,1H3,(H,22,28). The van der Waals surface area contributed by atoms with Crippen molar-refractivity contribution in [1.29, 1.82) is 0 Å². The van der Waals surface area contributed by atoms with E-state index in [9.17, 15) is 18.0 Å². The van der Waals surface area contributed by atoms with E-state index in [0.717, 1.165) is 10.2 Å². The molecule has 0 unspecified atom stereocenters. The number of aromatic amines is 1. The molecule has 0 aliphatic carbocycles. The van der Waals surface area contributed by atoms with Gasteiger partial charge in [0.25, 0.3) is 5.82 Å². The highest BCUT2D eigenvalue weighted by molar-refractivity contribution is 6.28. The number of hydrogen-bond acceptors (Lipinski definition) is 5. The lowest BCUT2D eigenvalue weighted by atomic mass is 10.1. The van der Waals surface area contributed by atoms with Crippen molar-refractivity contribution in [1.82, 2.24) is 34.3 Å². The molecule has 0 spiro atoms. The van der Waals surface area contributed by atoms with Crippen LogP contribution in [-0.4, -0.2) is 34.3 Å². The Bertz CT molecular complexity index is 1220. The smallest absolute Gasteiger partial charge is 0.303 e. The van der Waals surface area contributed by atoms with E-state index < -0.39 is 12.0 Å². The summed E-state index contributed by atoms with van der Waals surface area (Å²) in [5.41, 5.74) is 1.63. The molecule has 0 saturated carbocycles. The predicted molar refractivity (Wildman–Crippen MR) is 93.7 cm³/mol. The average Bonchev–Trinajstić information content (AvgIpc) is 3.16. The van der Waals surface area contributed by atoms with Crippen molar-refractivity contribution in [3.8, 4) is 11.4 Å². The van der Waals surface area contributed by atoms with E-state index in [1.54, 1.807) is 24.3 Å². The SMILES string of the molecule is Cn1nc(C(F)(F)F)nc1-c1ccc(Cn2c(=O)[nH]c3cnc(Cl)nc32)cc1. The third kappa shape index (κ3) is 3.24. The minimum atomic E-state index is -4.62. The van der Waals surface area contributed by atoms with Gasteiger partial charge >= 0.3 is 11.9 Å². The molecular formula is C16H11ClF3N7O. The van der Waals surface area contributed by atoms with Gasteiger partial charge in [0.2, 0.25) is 5.28 Å². The minimum absolute atomic E-state index is 0.0124. The number of hydrogen-bond donors (Lipinski definition) is 1. The number of nitrogens with zero attached hydrogens (tertiary/aromatic N) is 6. The lowest BCUT2D eigenvalue weighted by molar-refractivity contribution is -0.144. The second kappa shape index (κ2) is 6.44. The summed E-state index contributed by atoms with van der Waals surface area (Å²) in [5, 5.41) is 3.41. The molecule has 8 nitrogen and oxygen atoms in total. The summed E-state index contributed by atoms with van der Waals surface area (Å²) in [7, 11) is 1.39. The van der Waals surface area contributed by atoms with Crippen LogP contribution in [0.5, 0.6) is 0 Å². The molecule has 4 rings (SSSR count). The first kappa shape index (κ1) is 18.2. The fourth-order valence-corrected chi connectivity index (χ4v) is 2.90. The highest BCUT2D eigenvalue weighted by atomic mass is 35.5. The molecule has 28 heavy (non-hydrogen) atoms. The molecule has 12 heteroatoms. The van der Waals surface area contributed by atoms with Crippen LogP contribution in [0.25, 0.3) is 22.6 Å². The molecule has 0 aliphatic rings. The second-order valence-electron chi connectivity index (χ2n) is 5.97. The third-order valence-electron chi connectivity index (χ3n) is 4.05. The highest BCUT2D eigenvalue weighted by Gasteiger charge is 2.36. The summed E-state index contributed by atoms with van der Waals surface area (Å²) in [6.07, 6.45) is -3.20. The Balaban J connectivity index is 1.65. The van der Waals surface area contributed by atoms with Gasteiger partial charge in [-0.05, 0) is 17.2 Å². The number of nitrogens with one attached hydrogen (secondary N) is 1. The van der Waals surface area contributed by atoms with Crippen LogP contribution in [0.2, 0.25) is 5.28 Å². The highest BCUT2D eigenvalue weighted by Crippen LogP contribution is 2.28. The number of alkyl halides is 3. The zero-order valence-electron chi connectivity index (χ0n) is 14.2. The maximum atomic E-state index is 12.8. The van der Waals surface area contributed by atoms with E-state index >= 15 is 0 Å². The summed E-state index contributed by atoms with van der Waals surface area (Å²) in [6, 6.07) is 6.60. The van der Waals surface area contributed by atoms with E-state index in [2.05, 4.69) is 25.0 Å². The van der Waals surface area contributed by atoms with Crippen molar-refractivity contribution in [2.45, 2.75) is 12.7 Å². The fraction of sp³-hybridized carbons (Fsp3) is 0.188. The fourth-order valence-electron chi connectivity index (χ4n) is 2.77. The van der Waals surface area contributed by atoms with Crippen LogP contribution in [0, 0.1) is 0 Å². The van der Waals surface area contributed by atoms with Crippen molar-refractivity contribution in [2.24, 2.45) is 7.05 Å². The van der Waals surface area contributed by atoms with Gasteiger partial charge in [-0.25, -0.2) is 19.4 Å². The van der Waals surface area contributed by atoms with E-state index in [-0.39, 0.29) is 23.3 Å². The van der Waals surface area contributed by atoms with Crippen LogP contribution in [0.15, 0.2) is 35.3 Å². The molecule has 0 saturated heterocycles. The lowest BCUT2D eigenvalue weighted by Crippen LogP contribution is -2.17. The monoisotopic (exact) mass is 409 g/mol. The van der Waals surface area contributed by atoms with Crippen LogP contribution in [-0.2, 0) is 19.8 Å². The van der Waals surface area contributed by atoms with Gasteiger partial charge in [-0.3, -0.25) is 4.57 Å². The number of aromatic nitrogens is 7. The van der Waals surface area contributed by atoms with E-state index in [0.29, 0.717) is 16.7 Å². The molecule has 0 fully saturated rings. The van der Waals surface area contributed by atoms with Crippen LogP contribution in [0.3, 0.4) is 0 Å². The average molecular weight is 410 g/mol. The normalized spacial score (nSPS) is 12.0. The van der Waals surface area contributed by atoms with Crippen molar-refractivity contribution in [2.75, 3.05) is 0 Å². The first-order valence-electron chi connectivity index (χ1n) is 7.91. The Kier molecular flexibility index (Phi) is 4.18. The van der Waals surface area contributed by atoms with Crippen LogP contribution in [0.4, 0.5) is 13.2 Å². The molecule has 0 aliphatic heterocycles. The molecular weight excluding hydrogens is 399 g/mol. The summed E-state index contributed by atoms with van der Waals surface area (Å²) in [4.78, 5) is 26.2. The van der Waals surface area contributed by atoms with Crippen LogP contribution >= 0.6 is 11.6 Å². The Morgan fingerprint density at radius 2 is 1.89 bits per heavy atom. The summed E-state index contributed by atoms with van der Waals surface area (Å²) in [6.45, 7) is 0.194. The maximum Gasteiger partial charge on any atom is 0.453 e. The van der Waals surface area contributed by atoms with Crippen molar-refractivity contribution < 1.29 is 13.2 Å². The Morgan fingerprint density at radius 3 is 2.54 bits per heavy atom. The van der Waals surface area contributed by atoms with Gasteiger partial charge in [0, 0.05) is 12.6 Å². The van der Waals surface area contributed by atoms with Gasteiger partial charge in [0.1, 0.15) is 5.52 Å². The number of halogens is 4. The number of aryl methyl sites for hydroxylation is 1. The van der Waals surface area contributed by atoms with E-state index in [1.807, 2.05) is 0 Å². The first-order chi connectivity index (χ1) is 13.2. The van der Waals surface area contributed by atoms with Crippen molar-refractivity contribution in [3.63, 3.8) is 0 Å². The summed E-state index contributed by atoms with van der Waals surface area (Å²) in [5.74, 6) is -1.11. The molecule has 0 amide bonds. The maximum absolute atomic E-state index is 12.8. The van der Waals surface area contributed by atoms with E-state index in [4.69, 9.17) is 11.6 Å². The van der Waals surface area contributed by atoms with Gasteiger partial charge < -0.3 is 4.98 Å². The molecule has 1 N–H and O–H groups in total. The molecule has 144 valence electrons. The van der Waals surface area contributed by atoms with Crippen molar-refractivity contribution >= 4 is 22.8 Å². The predicted octanol–water partition coefficient (Wildman–Crippen LogP) is 2.64. The number of rotatable bonds is 3. The molecule has 0 bridgehead atoms. The molecule has 4 aromatic rings. The number of imidazole rings is 1. The van der Waals surface area contributed by atoms with Crippen LogP contribution < -0.4 is 5.69 Å². The number of benzene rings is 1. The zero-order valence-corrected chi connectivity index (χ0v) is 15.0. The third-order valence-corrected chi connectivity index (χ3v) is 4.23. The molecule has 3 heterocycles. The van der Waals surface area contributed by atoms with Gasteiger partial charge in [0.05, 0.1) is 12.7 Å². The lowest BCUT2D eigenvalue weighted by Gasteiger charge is -2.05. The van der Waals surface area contributed by atoms with E-state index in [1.165, 1.54) is 17.8 Å². The molecule has 0 atom stereocenters. The van der Waals surface area contributed by atoms with Crippen molar-refractivity contribution in [3.05, 3.63) is 57.6 Å². The minimum Gasteiger partial charge on any atom is -0.303 e. The topological polar surface area (TPSA) is 94.3 Å². The number of H-pyrrole nitrogens is 1. The van der Waals surface area contributed by atoms with Gasteiger partial charge in [-0.15, -0.1) is 5.10 Å².